The summed E-state index contributed by atoms with van der Waals surface area (Å²) in [5.74, 6) is -0.875. The molecule has 0 saturated carbocycles. The van der Waals surface area contributed by atoms with Crippen LogP contribution in [-0.4, -0.2) is 28.6 Å². The number of carbonyl (C=O) groups excluding carboxylic acids is 1. The molecule has 1 aliphatic rings. The molecule has 6 heteroatoms. The van der Waals surface area contributed by atoms with Crippen molar-refractivity contribution in [2.75, 3.05) is 0 Å². The highest BCUT2D eigenvalue weighted by atomic mass is 35.5. The Morgan fingerprint density at radius 3 is 2.47 bits per heavy atom. The maximum absolute atomic E-state index is 13.4. The third-order valence-electron chi connectivity index (χ3n) is 5.76. The van der Waals surface area contributed by atoms with Gasteiger partial charge in [-0.1, -0.05) is 50.6 Å². The number of esters is 1. The Bertz CT molecular complexity index is 1000. The average Bonchev–Trinajstić information content (AvgIpc) is 3.01. The second-order valence-electron chi connectivity index (χ2n) is 10.8. The van der Waals surface area contributed by atoms with Gasteiger partial charge in [-0.05, 0) is 61.9 Å². The summed E-state index contributed by atoms with van der Waals surface area (Å²) in [5, 5.41) is 14.8. The standard InChI is InChI=1S/C26H32ClN3O2/c1-24(2,3)14-20-26(16-28,18-10-8-12-29-15-18)21(17-9-7-11-19(27)13-17)22(30-20)23(31)32-25(4,5)6/h7-13,15,20-22,30H,14H2,1-6H3. The molecule has 1 aromatic heterocycles. The highest BCUT2D eigenvalue weighted by Gasteiger charge is 2.60. The number of pyridine rings is 1. The van der Waals surface area contributed by atoms with Gasteiger partial charge in [-0.3, -0.25) is 15.1 Å². The molecule has 1 aliphatic heterocycles. The van der Waals surface area contributed by atoms with Crippen molar-refractivity contribution in [3.05, 3.63) is 64.9 Å². The quantitative estimate of drug-likeness (QED) is 0.627. The summed E-state index contributed by atoms with van der Waals surface area (Å²) in [7, 11) is 0. The van der Waals surface area contributed by atoms with Gasteiger partial charge in [0.1, 0.15) is 17.1 Å². The van der Waals surface area contributed by atoms with E-state index in [2.05, 4.69) is 37.1 Å². The number of nitrogens with zero attached hydrogens (tertiary/aromatic N) is 2. The Hall–Kier alpha value is -2.42. The Balaban J connectivity index is 2.25. The van der Waals surface area contributed by atoms with Gasteiger partial charge in [0.05, 0.1) is 6.07 Å². The van der Waals surface area contributed by atoms with Crippen LogP contribution in [0.1, 0.15) is 65.0 Å². The number of ether oxygens (including phenoxy) is 1. The van der Waals surface area contributed by atoms with Crippen LogP contribution in [0.25, 0.3) is 0 Å². The zero-order valence-electron chi connectivity index (χ0n) is 19.6. The van der Waals surface area contributed by atoms with Crippen molar-refractivity contribution in [3.8, 4) is 6.07 Å². The van der Waals surface area contributed by atoms with Gasteiger partial charge in [-0.15, -0.1) is 0 Å². The number of hydrogen-bond acceptors (Lipinski definition) is 5. The van der Waals surface area contributed by atoms with E-state index in [-0.39, 0.29) is 17.4 Å². The molecule has 0 bridgehead atoms. The maximum Gasteiger partial charge on any atom is 0.324 e. The lowest BCUT2D eigenvalue weighted by Crippen LogP contribution is -2.44. The molecule has 0 aliphatic carbocycles. The fourth-order valence-electron chi connectivity index (χ4n) is 4.68. The number of carbonyl (C=O) groups is 1. The van der Waals surface area contributed by atoms with Gasteiger partial charge < -0.3 is 4.74 Å². The third-order valence-corrected chi connectivity index (χ3v) is 6.00. The van der Waals surface area contributed by atoms with E-state index in [1.54, 1.807) is 18.5 Å². The van der Waals surface area contributed by atoms with E-state index in [0.717, 1.165) is 11.1 Å². The zero-order chi connectivity index (χ0) is 23.7. The summed E-state index contributed by atoms with van der Waals surface area (Å²) in [6.07, 6.45) is 4.11. The number of nitrogens with one attached hydrogen (secondary N) is 1. The minimum atomic E-state index is -1.03. The number of benzene rings is 1. The molecular weight excluding hydrogens is 422 g/mol. The Labute approximate surface area is 196 Å². The minimum Gasteiger partial charge on any atom is -0.459 e. The highest BCUT2D eigenvalue weighted by molar-refractivity contribution is 6.30. The molecule has 1 aromatic carbocycles. The van der Waals surface area contributed by atoms with E-state index in [4.69, 9.17) is 16.3 Å². The second kappa shape index (κ2) is 8.84. The molecule has 32 heavy (non-hydrogen) atoms. The van der Waals surface area contributed by atoms with E-state index < -0.39 is 23.0 Å². The highest BCUT2D eigenvalue weighted by Crippen LogP contribution is 2.51. The van der Waals surface area contributed by atoms with Crippen LogP contribution in [0, 0.1) is 16.7 Å². The molecule has 1 N–H and O–H groups in total. The van der Waals surface area contributed by atoms with Crippen LogP contribution in [-0.2, 0) is 14.9 Å². The van der Waals surface area contributed by atoms with Crippen LogP contribution >= 0.6 is 11.6 Å². The van der Waals surface area contributed by atoms with E-state index in [9.17, 15) is 10.1 Å². The summed E-state index contributed by atoms with van der Waals surface area (Å²) in [5.41, 5.74) is -0.163. The van der Waals surface area contributed by atoms with Crippen molar-refractivity contribution in [1.29, 1.82) is 5.26 Å². The molecule has 1 saturated heterocycles. The van der Waals surface area contributed by atoms with Crippen LogP contribution in [0.4, 0.5) is 0 Å². The molecule has 0 spiro atoms. The monoisotopic (exact) mass is 453 g/mol. The van der Waals surface area contributed by atoms with Crippen LogP contribution in [0.3, 0.4) is 0 Å². The summed E-state index contributed by atoms with van der Waals surface area (Å²) in [4.78, 5) is 17.7. The van der Waals surface area contributed by atoms with E-state index in [0.29, 0.717) is 11.4 Å². The van der Waals surface area contributed by atoms with Crippen LogP contribution in [0.15, 0.2) is 48.8 Å². The first-order valence-electron chi connectivity index (χ1n) is 10.9. The predicted octanol–water partition coefficient (Wildman–Crippen LogP) is 5.40. The molecule has 0 radical (unpaired) electrons. The number of aromatic nitrogens is 1. The minimum absolute atomic E-state index is 0.0797. The normalized spacial score (nSPS) is 25.9. The second-order valence-corrected chi connectivity index (χ2v) is 11.2. The van der Waals surface area contributed by atoms with Gasteiger partial charge in [-0.25, -0.2) is 0 Å². The van der Waals surface area contributed by atoms with Gasteiger partial charge in [0.2, 0.25) is 0 Å². The molecule has 170 valence electrons. The van der Waals surface area contributed by atoms with E-state index in [1.165, 1.54) is 0 Å². The fraction of sp³-hybridized carbons (Fsp3) is 0.500. The Kier molecular flexibility index (Phi) is 6.70. The van der Waals surface area contributed by atoms with Crippen molar-refractivity contribution in [3.63, 3.8) is 0 Å². The molecular formula is C26H32ClN3O2. The van der Waals surface area contributed by atoms with Crippen molar-refractivity contribution >= 4 is 17.6 Å². The van der Waals surface area contributed by atoms with Gasteiger partial charge in [0.25, 0.3) is 0 Å². The van der Waals surface area contributed by atoms with Gasteiger partial charge in [-0.2, -0.15) is 5.26 Å². The maximum atomic E-state index is 13.4. The first-order valence-corrected chi connectivity index (χ1v) is 11.3. The van der Waals surface area contributed by atoms with Gasteiger partial charge in [0.15, 0.2) is 0 Å². The van der Waals surface area contributed by atoms with Crippen molar-refractivity contribution in [2.24, 2.45) is 5.41 Å². The van der Waals surface area contributed by atoms with Crippen LogP contribution < -0.4 is 5.32 Å². The Morgan fingerprint density at radius 2 is 1.94 bits per heavy atom. The first kappa shape index (κ1) is 24.2. The zero-order valence-corrected chi connectivity index (χ0v) is 20.4. The number of nitriles is 1. The molecule has 1 fully saturated rings. The fourth-order valence-corrected chi connectivity index (χ4v) is 4.88. The largest absolute Gasteiger partial charge is 0.459 e. The van der Waals surface area contributed by atoms with E-state index >= 15 is 0 Å². The smallest absolute Gasteiger partial charge is 0.324 e. The van der Waals surface area contributed by atoms with Crippen molar-refractivity contribution < 1.29 is 9.53 Å². The van der Waals surface area contributed by atoms with Gasteiger partial charge in [0, 0.05) is 29.4 Å². The van der Waals surface area contributed by atoms with Crippen molar-refractivity contribution in [1.82, 2.24) is 10.3 Å². The SMILES string of the molecule is CC(C)(C)CC1NC(C(=O)OC(C)(C)C)C(c2cccc(Cl)c2)C1(C#N)c1cccnc1. The topological polar surface area (TPSA) is 75.0 Å². The molecule has 2 heterocycles. The van der Waals surface area contributed by atoms with Gasteiger partial charge >= 0.3 is 5.97 Å². The predicted molar refractivity (Wildman–Crippen MR) is 126 cm³/mol. The molecule has 5 nitrogen and oxygen atoms in total. The molecule has 4 unspecified atom stereocenters. The molecule has 2 aromatic rings. The summed E-state index contributed by atoms with van der Waals surface area (Å²) in [6, 6.07) is 12.8. The summed E-state index contributed by atoms with van der Waals surface area (Å²) < 4.78 is 5.80. The lowest BCUT2D eigenvalue weighted by atomic mass is 9.63. The summed E-state index contributed by atoms with van der Waals surface area (Å²) in [6.45, 7) is 11.9. The number of halogens is 1. The first-order chi connectivity index (χ1) is 14.9. The molecule has 3 rings (SSSR count). The lowest BCUT2D eigenvalue weighted by molar-refractivity contribution is -0.157. The average molecular weight is 454 g/mol. The van der Waals surface area contributed by atoms with Crippen LogP contribution in [0.5, 0.6) is 0 Å². The third kappa shape index (κ3) is 4.98. The van der Waals surface area contributed by atoms with E-state index in [1.807, 2.05) is 51.1 Å². The number of rotatable bonds is 4. The number of hydrogen-bond donors (Lipinski definition) is 1. The van der Waals surface area contributed by atoms with Crippen molar-refractivity contribution in [2.45, 2.75) is 77.0 Å². The molecule has 0 amide bonds. The lowest BCUT2D eigenvalue weighted by Gasteiger charge is -2.37. The summed E-state index contributed by atoms with van der Waals surface area (Å²) >= 11 is 6.35. The van der Waals surface area contributed by atoms with Crippen LogP contribution in [0.2, 0.25) is 5.02 Å². The molecule has 4 atom stereocenters. The Morgan fingerprint density at radius 1 is 1.22 bits per heavy atom.